The van der Waals surface area contributed by atoms with E-state index in [1.54, 1.807) is 18.2 Å². The monoisotopic (exact) mass is 195 g/mol. The number of hydrogen-bond acceptors (Lipinski definition) is 4. The molecule has 74 valence electrons. The van der Waals surface area contributed by atoms with Gasteiger partial charge in [-0.05, 0) is 12.1 Å². The molecular formula is C8H10BNO4. The molecule has 0 spiro atoms. The minimum atomic E-state index is -1.86. The molecular weight excluding hydrogens is 185 g/mol. The first-order valence-corrected chi connectivity index (χ1v) is 3.98. The highest BCUT2D eigenvalue weighted by Gasteiger charge is 2.11. The standard InChI is InChI=1S/C8H10BNO4/c1-6(11)10-7-3-2-4-8(5-7)14-9(12)13/h2-5,12-13H,1H3,(H,10,11). The van der Waals surface area contributed by atoms with Crippen LogP contribution in [0.15, 0.2) is 24.3 Å². The Kier molecular flexibility index (Phi) is 3.50. The van der Waals surface area contributed by atoms with Gasteiger partial charge < -0.3 is 20.0 Å². The van der Waals surface area contributed by atoms with Crippen LogP contribution in [0.3, 0.4) is 0 Å². The van der Waals surface area contributed by atoms with Crippen LogP contribution >= 0.6 is 0 Å². The van der Waals surface area contributed by atoms with Crippen molar-refractivity contribution in [1.82, 2.24) is 0 Å². The van der Waals surface area contributed by atoms with Gasteiger partial charge in [0.1, 0.15) is 5.75 Å². The van der Waals surface area contributed by atoms with E-state index < -0.39 is 7.32 Å². The minimum Gasteiger partial charge on any atom is -0.512 e. The topological polar surface area (TPSA) is 78.8 Å². The fourth-order valence-electron chi connectivity index (χ4n) is 0.972. The third kappa shape index (κ3) is 3.46. The summed E-state index contributed by atoms with van der Waals surface area (Å²) >= 11 is 0. The fourth-order valence-corrected chi connectivity index (χ4v) is 0.972. The molecule has 0 bridgehead atoms. The first-order chi connectivity index (χ1) is 6.58. The van der Waals surface area contributed by atoms with Crippen LogP contribution in [0.5, 0.6) is 5.75 Å². The van der Waals surface area contributed by atoms with Gasteiger partial charge in [0.15, 0.2) is 0 Å². The van der Waals surface area contributed by atoms with E-state index in [-0.39, 0.29) is 11.7 Å². The van der Waals surface area contributed by atoms with Crippen molar-refractivity contribution < 1.29 is 19.5 Å². The molecule has 0 radical (unpaired) electrons. The smallest absolute Gasteiger partial charge is 0.512 e. The van der Waals surface area contributed by atoms with Crippen molar-refractivity contribution in [3.63, 3.8) is 0 Å². The van der Waals surface area contributed by atoms with Gasteiger partial charge in [-0.2, -0.15) is 0 Å². The highest BCUT2D eigenvalue weighted by molar-refractivity contribution is 6.33. The zero-order valence-electron chi connectivity index (χ0n) is 7.60. The van der Waals surface area contributed by atoms with Crippen molar-refractivity contribution >= 4 is 18.9 Å². The Balaban J connectivity index is 2.73. The van der Waals surface area contributed by atoms with E-state index in [0.717, 1.165) is 0 Å². The van der Waals surface area contributed by atoms with Crippen LogP contribution in [0.2, 0.25) is 0 Å². The molecule has 0 aromatic heterocycles. The highest BCUT2D eigenvalue weighted by Crippen LogP contribution is 2.17. The van der Waals surface area contributed by atoms with Crippen molar-refractivity contribution in [3.05, 3.63) is 24.3 Å². The lowest BCUT2D eigenvalue weighted by atomic mass is 10.2. The van der Waals surface area contributed by atoms with Crippen LogP contribution < -0.4 is 9.97 Å². The molecule has 0 atom stereocenters. The normalized spacial score (nSPS) is 9.36. The molecule has 0 aliphatic rings. The van der Waals surface area contributed by atoms with Gasteiger partial charge in [-0.1, -0.05) is 6.07 Å². The molecule has 0 saturated carbocycles. The van der Waals surface area contributed by atoms with E-state index in [0.29, 0.717) is 5.69 Å². The molecule has 3 N–H and O–H groups in total. The van der Waals surface area contributed by atoms with Crippen molar-refractivity contribution in [2.75, 3.05) is 5.32 Å². The maximum absolute atomic E-state index is 10.7. The SMILES string of the molecule is CC(=O)Nc1cccc(OB(O)O)c1. The summed E-state index contributed by atoms with van der Waals surface area (Å²) in [5.41, 5.74) is 0.538. The van der Waals surface area contributed by atoms with Gasteiger partial charge in [0, 0.05) is 18.7 Å². The summed E-state index contributed by atoms with van der Waals surface area (Å²) in [5, 5.41) is 19.6. The molecule has 0 fully saturated rings. The average Bonchev–Trinajstić information content (AvgIpc) is 2.01. The minimum absolute atomic E-state index is 0.202. The van der Waals surface area contributed by atoms with Gasteiger partial charge in [-0.3, -0.25) is 4.79 Å². The van der Waals surface area contributed by atoms with Crippen LogP contribution in [0.1, 0.15) is 6.92 Å². The van der Waals surface area contributed by atoms with E-state index >= 15 is 0 Å². The van der Waals surface area contributed by atoms with Crippen LogP contribution in [-0.2, 0) is 4.79 Å². The number of rotatable bonds is 3. The third-order valence-electron chi connectivity index (χ3n) is 1.40. The van der Waals surface area contributed by atoms with Crippen molar-refractivity contribution in [2.24, 2.45) is 0 Å². The van der Waals surface area contributed by atoms with Crippen LogP contribution in [0.4, 0.5) is 5.69 Å². The Labute approximate surface area is 81.5 Å². The van der Waals surface area contributed by atoms with Crippen LogP contribution in [-0.4, -0.2) is 23.3 Å². The first-order valence-electron chi connectivity index (χ1n) is 3.98. The predicted molar refractivity (Wildman–Crippen MR) is 51.6 cm³/mol. The number of anilines is 1. The zero-order valence-corrected chi connectivity index (χ0v) is 7.60. The number of amides is 1. The van der Waals surface area contributed by atoms with Gasteiger partial charge in [0.25, 0.3) is 0 Å². The van der Waals surface area contributed by atoms with Crippen molar-refractivity contribution in [1.29, 1.82) is 0 Å². The summed E-state index contributed by atoms with van der Waals surface area (Å²) in [4.78, 5) is 10.7. The Hall–Kier alpha value is -1.53. The first kappa shape index (κ1) is 10.6. The molecule has 14 heavy (non-hydrogen) atoms. The van der Waals surface area contributed by atoms with Gasteiger partial charge in [-0.15, -0.1) is 0 Å². The lowest BCUT2D eigenvalue weighted by molar-refractivity contribution is -0.114. The maximum atomic E-state index is 10.7. The molecule has 0 saturated heterocycles. The van der Waals surface area contributed by atoms with Crippen molar-refractivity contribution in [3.8, 4) is 5.75 Å². The number of carbonyl (C=O) groups is 1. The number of nitrogens with one attached hydrogen (secondary N) is 1. The lowest BCUT2D eigenvalue weighted by Crippen LogP contribution is -2.20. The summed E-state index contributed by atoms with van der Waals surface area (Å²) < 4.78 is 4.60. The molecule has 1 aromatic rings. The maximum Gasteiger partial charge on any atom is 0.707 e. The highest BCUT2D eigenvalue weighted by atomic mass is 16.6. The molecule has 1 aromatic carbocycles. The molecule has 5 nitrogen and oxygen atoms in total. The van der Waals surface area contributed by atoms with Crippen molar-refractivity contribution in [2.45, 2.75) is 6.92 Å². The van der Waals surface area contributed by atoms with E-state index in [1.807, 2.05) is 0 Å². The molecule has 0 aliphatic carbocycles. The number of hydrogen-bond donors (Lipinski definition) is 3. The molecule has 0 unspecified atom stereocenters. The third-order valence-corrected chi connectivity index (χ3v) is 1.40. The number of benzene rings is 1. The molecule has 1 amide bonds. The van der Waals surface area contributed by atoms with Gasteiger partial charge >= 0.3 is 7.32 Å². The Bertz CT molecular complexity index is 329. The van der Waals surface area contributed by atoms with Gasteiger partial charge in [-0.25, -0.2) is 0 Å². The summed E-state index contributed by atoms with van der Waals surface area (Å²) in [6.07, 6.45) is 0. The van der Waals surface area contributed by atoms with E-state index in [1.165, 1.54) is 13.0 Å². The fraction of sp³-hybridized carbons (Fsp3) is 0.125. The van der Waals surface area contributed by atoms with E-state index in [9.17, 15) is 4.79 Å². The molecule has 0 aliphatic heterocycles. The zero-order chi connectivity index (χ0) is 10.6. The summed E-state index contributed by atoms with van der Waals surface area (Å²) in [6, 6.07) is 6.33. The molecule has 6 heteroatoms. The van der Waals surface area contributed by atoms with Gasteiger partial charge in [0.2, 0.25) is 5.91 Å². The van der Waals surface area contributed by atoms with Gasteiger partial charge in [0.05, 0.1) is 0 Å². The molecule has 1 rings (SSSR count). The summed E-state index contributed by atoms with van der Waals surface area (Å²) in [6.45, 7) is 1.38. The predicted octanol–water partition coefficient (Wildman–Crippen LogP) is -0.00670. The summed E-state index contributed by atoms with van der Waals surface area (Å²) in [5.74, 6) is 0.0675. The second-order valence-corrected chi connectivity index (χ2v) is 2.65. The van der Waals surface area contributed by atoms with Crippen LogP contribution in [0, 0.1) is 0 Å². The van der Waals surface area contributed by atoms with Crippen LogP contribution in [0.25, 0.3) is 0 Å². The largest absolute Gasteiger partial charge is 0.707 e. The summed E-state index contributed by atoms with van der Waals surface area (Å²) in [7, 11) is -1.86. The van der Waals surface area contributed by atoms with E-state index in [2.05, 4.69) is 9.97 Å². The Morgan fingerprint density at radius 1 is 1.50 bits per heavy atom. The Morgan fingerprint density at radius 2 is 2.21 bits per heavy atom. The second-order valence-electron chi connectivity index (χ2n) is 2.65. The Morgan fingerprint density at radius 3 is 2.79 bits per heavy atom. The molecule has 0 heterocycles. The average molecular weight is 195 g/mol. The quantitative estimate of drug-likeness (QED) is 0.592. The van der Waals surface area contributed by atoms with E-state index in [4.69, 9.17) is 10.0 Å². The number of carbonyl (C=O) groups excluding carboxylic acids is 1. The second kappa shape index (κ2) is 4.64. The lowest BCUT2D eigenvalue weighted by Gasteiger charge is -2.06.